The number of halogens is 3. The molecule has 10 heteroatoms. The summed E-state index contributed by atoms with van der Waals surface area (Å²) in [6.07, 6.45) is -3.06. The van der Waals surface area contributed by atoms with Crippen LogP contribution in [0.25, 0.3) is 5.69 Å². The monoisotopic (exact) mass is 377 g/mol. The molecule has 7 nitrogen and oxygen atoms in total. The SMILES string of the molecule is Cn1nnn(-c2ccccc2C=NOCc2cccc(C(F)(F)F)c2)c1=O. The molecule has 1 aromatic heterocycles. The van der Waals surface area contributed by atoms with Gasteiger partial charge in [-0.2, -0.15) is 22.5 Å². The van der Waals surface area contributed by atoms with Crippen LogP contribution in [0, 0.1) is 0 Å². The second-order valence-electron chi connectivity index (χ2n) is 5.56. The van der Waals surface area contributed by atoms with Gasteiger partial charge >= 0.3 is 11.9 Å². The fourth-order valence-electron chi connectivity index (χ4n) is 2.30. The highest BCUT2D eigenvalue weighted by atomic mass is 19.4. The minimum absolute atomic E-state index is 0.131. The van der Waals surface area contributed by atoms with Crippen LogP contribution in [0.5, 0.6) is 0 Å². The predicted molar refractivity (Wildman–Crippen MR) is 90.4 cm³/mol. The summed E-state index contributed by atoms with van der Waals surface area (Å²) >= 11 is 0. The highest BCUT2D eigenvalue weighted by molar-refractivity contribution is 5.84. The molecule has 0 aliphatic carbocycles. The molecule has 0 aliphatic rings. The first-order chi connectivity index (χ1) is 12.9. The van der Waals surface area contributed by atoms with Gasteiger partial charge in [-0.1, -0.05) is 35.5 Å². The number of aromatic nitrogens is 4. The lowest BCUT2D eigenvalue weighted by Crippen LogP contribution is -2.22. The molecule has 0 spiro atoms. The maximum Gasteiger partial charge on any atom is 0.416 e. The van der Waals surface area contributed by atoms with Crippen molar-refractivity contribution < 1.29 is 18.0 Å². The van der Waals surface area contributed by atoms with Crippen LogP contribution in [0.15, 0.2) is 58.5 Å². The number of tetrazole rings is 1. The van der Waals surface area contributed by atoms with Crippen LogP contribution in [0.3, 0.4) is 0 Å². The molecule has 0 amide bonds. The molecule has 27 heavy (non-hydrogen) atoms. The van der Waals surface area contributed by atoms with E-state index in [1.165, 1.54) is 25.4 Å². The van der Waals surface area contributed by atoms with Gasteiger partial charge in [0.15, 0.2) is 0 Å². The van der Waals surface area contributed by atoms with Crippen molar-refractivity contribution in [1.82, 2.24) is 19.8 Å². The number of hydrogen-bond acceptors (Lipinski definition) is 5. The highest BCUT2D eigenvalue weighted by Crippen LogP contribution is 2.29. The number of aryl methyl sites for hydroxylation is 1. The van der Waals surface area contributed by atoms with Gasteiger partial charge in [0, 0.05) is 12.6 Å². The van der Waals surface area contributed by atoms with E-state index in [2.05, 4.69) is 15.6 Å². The average Bonchev–Trinajstić information content (AvgIpc) is 2.98. The molecule has 3 aromatic rings. The summed E-state index contributed by atoms with van der Waals surface area (Å²) < 4.78 is 40.3. The van der Waals surface area contributed by atoms with Crippen LogP contribution < -0.4 is 5.69 Å². The van der Waals surface area contributed by atoms with Gasteiger partial charge in [-0.3, -0.25) is 0 Å². The number of rotatable bonds is 5. The number of hydrogen-bond donors (Lipinski definition) is 0. The molecule has 0 bridgehead atoms. The maximum atomic E-state index is 12.7. The first kappa shape index (κ1) is 18.4. The average molecular weight is 377 g/mol. The minimum atomic E-state index is -4.41. The van der Waals surface area contributed by atoms with E-state index in [1.807, 2.05) is 0 Å². The van der Waals surface area contributed by atoms with Gasteiger partial charge in [0.25, 0.3) is 0 Å². The van der Waals surface area contributed by atoms with Crippen molar-refractivity contribution in [3.05, 3.63) is 75.7 Å². The van der Waals surface area contributed by atoms with Crippen molar-refractivity contribution in [2.45, 2.75) is 12.8 Å². The van der Waals surface area contributed by atoms with E-state index in [0.29, 0.717) is 16.8 Å². The first-order valence-corrected chi connectivity index (χ1v) is 7.76. The Hall–Kier alpha value is -3.43. The first-order valence-electron chi connectivity index (χ1n) is 7.76. The topological polar surface area (TPSA) is 74.3 Å². The smallest absolute Gasteiger partial charge is 0.391 e. The molecular weight excluding hydrogens is 363 g/mol. The van der Waals surface area contributed by atoms with Crippen LogP contribution in [0.4, 0.5) is 13.2 Å². The molecular formula is C17H14F3N5O2. The van der Waals surface area contributed by atoms with Gasteiger partial charge in [-0.15, -0.1) is 0 Å². The third-order valence-corrected chi connectivity index (χ3v) is 3.64. The van der Waals surface area contributed by atoms with Gasteiger partial charge in [0.2, 0.25) is 0 Å². The van der Waals surface area contributed by atoms with Gasteiger partial charge < -0.3 is 4.84 Å². The molecule has 0 radical (unpaired) electrons. The second-order valence-corrected chi connectivity index (χ2v) is 5.56. The largest absolute Gasteiger partial charge is 0.416 e. The molecule has 0 aliphatic heterocycles. The van der Waals surface area contributed by atoms with Crippen molar-refractivity contribution in [3.8, 4) is 5.69 Å². The molecule has 140 valence electrons. The lowest BCUT2D eigenvalue weighted by molar-refractivity contribution is -0.137. The maximum absolute atomic E-state index is 12.7. The van der Waals surface area contributed by atoms with E-state index in [-0.39, 0.29) is 6.61 Å². The molecule has 0 fully saturated rings. The Kier molecular flexibility index (Phi) is 5.06. The summed E-state index contributed by atoms with van der Waals surface area (Å²) in [6.45, 7) is -0.131. The second kappa shape index (κ2) is 7.44. The normalized spacial score (nSPS) is 11.9. The van der Waals surface area contributed by atoms with E-state index < -0.39 is 17.4 Å². The lowest BCUT2D eigenvalue weighted by atomic mass is 10.1. The predicted octanol–water partition coefficient (Wildman–Crippen LogP) is 2.54. The Morgan fingerprint density at radius 2 is 1.93 bits per heavy atom. The van der Waals surface area contributed by atoms with Crippen molar-refractivity contribution in [1.29, 1.82) is 0 Å². The third-order valence-electron chi connectivity index (χ3n) is 3.64. The zero-order valence-corrected chi connectivity index (χ0v) is 14.1. The fourth-order valence-corrected chi connectivity index (χ4v) is 2.30. The number of nitrogens with zero attached hydrogens (tertiary/aromatic N) is 5. The number of benzene rings is 2. The molecule has 0 N–H and O–H groups in total. The van der Waals surface area contributed by atoms with Crippen LogP contribution in [0.1, 0.15) is 16.7 Å². The van der Waals surface area contributed by atoms with E-state index in [4.69, 9.17) is 4.84 Å². The Bertz CT molecular complexity index is 1020. The van der Waals surface area contributed by atoms with E-state index >= 15 is 0 Å². The van der Waals surface area contributed by atoms with Crippen LogP contribution in [0.2, 0.25) is 0 Å². The van der Waals surface area contributed by atoms with Gasteiger partial charge in [-0.25, -0.2) is 4.79 Å². The molecule has 1 heterocycles. The Morgan fingerprint density at radius 3 is 2.63 bits per heavy atom. The summed E-state index contributed by atoms with van der Waals surface area (Å²) in [4.78, 5) is 17.1. The number of oxime groups is 1. The van der Waals surface area contributed by atoms with Crippen LogP contribution >= 0.6 is 0 Å². The molecule has 0 unspecified atom stereocenters. The Balaban J connectivity index is 1.73. The van der Waals surface area contributed by atoms with Crippen molar-refractivity contribution in [2.24, 2.45) is 12.2 Å². The molecule has 0 atom stereocenters. The summed E-state index contributed by atoms with van der Waals surface area (Å²) in [7, 11) is 1.47. The third kappa shape index (κ3) is 4.22. The van der Waals surface area contributed by atoms with Gasteiger partial charge in [0.05, 0.1) is 17.5 Å². The molecule has 0 saturated carbocycles. The summed E-state index contributed by atoms with van der Waals surface area (Å²) in [6, 6.07) is 11.6. The van der Waals surface area contributed by atoms with Crippen LogP contribution in [-0.2, 0) is 24.7 Å². The van der Waals surface area contributed by atoms with E-state index in [9.17, 15) is 18.0 Å². The fraction of sp³-hybridized carbons (Fsp3) is 0.176. The van der Waals surface area contributed by atoms with E-state index in [0.717, 1.165) is 21.5 Å². The zero-order valence-electron chi connectivity index (χ0n) is 14.1. The van der Waals surface area contributed by atoms with Crippen LogP contribution in [-0.4, -0.2) is 26.0 Å². The Morgan fingerprint density at radius 1 is 1.15 bits per heavy atom. The van der Waals surface area contributed by atoms with E-state index in [1.54, 1.807) is 24.3 Å². The molecule has 3 rings (SSSR count). The van der Waals surface area contributed by atoms with Crippen molar-refractivity contribution in [2.75, 3.05) is 0 Å². The van der Waals surface area contributed by atoms with Crippen molar-refractivity contribution >= 4 is 6.21 Å². The zero-order chi connectivity index (χ0) is 19.4. The quantitative estimate of drug-likeness (QED) is 0.506. The summed E-state index contributed by atoms with van der Waals surface area (Å²) in [5, 5.41) is 11.2. The van der Waals surface area contributed by atoms with Gasteiger partial charge in [0.1, 0.15) is 6.61 Å². The molecule has 2 aromatic carbocycles. The Labute approximate surface area is 151 Å². The minimum Gasteiger partial charge on any atom is -0.391 e. The summed E-state index contributed by atoms with van der Waals surface area (Å²) in [5.74, 6) is 0. The number of alkyl halides is 3. The highest BCUT2D eigenvalue weighted by Gasteiger charge is 2.30. The standard InChI is InChI=1S/C17H14F3N5O2/c1-24-16(26)25(23-22-24)15-8-3-2-6-13(15)10-21-27-11-12-5-4-7-14(9-12)17(18,19)20/h2-10H,11H2,1H3. The summed E-state index contributed by atoms with van der Waals surface area (Å²) in [5.41, 5.74) is 0.132. The molecule has 0 saturated heterocycles. The lowest BCUT2D eigenvalue weighted by Gasteiger charge is -2.08. The van der Waals surface area contributed by atoms with Crippen molar-refractivity contribution in [3.63, 3.8) is 0 Å². The van der Waals surface area contributed by atoms with Gasteiger partial charge in [-0.05, 0) is 34.2 Å². The number of para-hydroxylation sites is 1.